The van der Waals surface area contributed by atoms with Gasteiger partial charge in [0.25, 0.3) is 0 Å². The first-order valence-corrected chi connectivity index (χ1v) is 6.87. The number of aromatic nitrogens is 3. The summed E-state index contributed by atoms with van der Waals surface area (Å²) in [6, 6.07) is 6.46. The van der Waals surface area contributed by atoms with E-state index in [4.69, 9.17) is 0 Å². The van der Waals surface area contributed by atoms with Gasteiger partial charge in [0.15, 0.2) is 11.5 Å². The molecule has 0 atom stereocenters. The van der Waals surface area contributed by atoms with Crippen molar-refractivity contribution in [2.75, 3.05) is 11.9 Å². The minimum Gasteiger partial charge on any atom is -0.352 e. The Morgan fingerprint density at radius 2 is 2.05 bits per heavy atom. The maximum Gasteiger partial charge on any atom is 0.180 e. The number of anilines is 1. The molecule has 3 rings (SSSR count). The van der Waals surface area contributed by atoms with Crippen LogP contribution in [-0.2, 0) is 6.54 Å². The summed E-state index contributed by atoms with van der Waals surface area (Å²) in [6.45, 7) is 0.631. The first-order valence-electron chi connectivity index (χ1n) is 6.08. The Morgan fingerprint density at radius 3 is 2.80 bits per heavy atom. The van der Waals surface area contributed by atoms with Gasteiger partial charge in [0, 0.05) is 32.2 Å². The summed E-state index contributed by atoms with van der Waals surface area (Å²) >= 11 is 3.40. The van der Waals surface area contributed by atoms with Crippen LogP contribution >= 0.6 is 15.9 Å². The zero-order valence-corrected chi connectivity index (χ0v) is 12.4. The summed E-state index contributed by atoms with van der Waals surface area (Å²) < 4.78 is 15.6. The molecule has 0 radical (unpaired) electrons. The Morgan fingerprint density at radius 1 is 1.30 bits per heavy atom. The minimum absolute atomic E-state index is 0.229. The van der Waals surface area contributed by atoms with Crippen molar-refractivity contribution in [3.63, 3.8) is 0 Å². The van der Waals surface area contributed by atoms with Gasteiger partial charge in [-0.25, -0.2) is 14.4 Å². The monoisotopic (exact) mass is 334 g/mol. The second-order valence-electron chi connectivity index (χ2n) is 4.53. The van der Waals surface area contributed by atoms with E-state index in [1.54, 1.807) is 18.3 Å². The maximum absolute atomic E-state index is 12.9. The van der Waals surface area contributed by atoms with Crippen LogP contribution in [-0.4, -0.2) is 21.4 Å². The molecule has 0 saturated heterocycles. The van der Waals surface area contributed by atoms with Crippen LogP contribution in [0.15, 0.2) is 47.5 Å². The van der Waals surface area contributed by atoms with Crippen molar-refractivity contribution >= 4 is 27.4 Å². The van der Waals surface area contributed by atoms with E-state index in [1.807, 2.05) is 28.7 Å². The average molecular weight is 335 g/mol. The molecule has 2 aromatic heterocycles. The van der Waals surface area contributed by atoms with Crippen LogP contribution in [0.2, 0.25) is 0 Å². The normalized spacial score (nSPS) is 10.9. The summed E-state index contributed by atoms with van der Waals surface area (Å²) in [5.74, 6) is 0.543. The zero-order valence-electron chi connectivity index (χ0n) is 10.8. The molecule has 0 amide bonds. The van der Waals surface area contributed by atoms with E-state index in [1.165, 1.54) is 12.1 Å². The molecule has 0 saturated carbocycles. The SMILES string of the molecule is CN(Cc1ccc(F)cc1)c1nc(Br)cn2ccnc12. The summed E-state index contributed by atoms with van der Waals surface area (Å²) in [4.78, 5) is 10.8. The molecule has 0 fully saturated rings. The van der Waals surface area contributed by atoms with Crippen molar-refractivity contribution in [2.45, 2.75) is 6.54 Å². The Kier molecular flexibility index (Phi) is 3.40. The number of hydrogen-bond acceptors (Lipinski definition) is 3. The van der Waals surface area contributed by atoms with Crippen LogP contribution in [0.3, 0.4) is 0 Å². The van der Waals surface area contributed by atoms with Crippen molar-refractivity contribution in [3.05, 3.63) is 58.8 Å². The molecular formula is C14H12BrFN4. The first-order chi connectivity index (χ1) is 9.63. The van der Waals surface area contributed by atoms with Gasteiger partial charge in [-0.15, -0.1) is 0 Å². The molecule has 0 aliphatic rings. The lowest BCUT2D eigenvalue weighted by Gasteiger charge is -2.19. The van der Waals surface area contributed by atoms with Crippen LogP contribution in [0.5, 0.6) is 0 Å². The quantitative estimate of drug-likeness (QED) is 0.737. The summed E-state index contributed by atoms with van der Waals surface area (Å²) in [6.07, 6.45) is 5.47. The number of imidazole rings is 1. The highest BCUT2D eigenvalue weighted by Gasteiger charge is 2.11. The topological polar surface area (TPSA) is 33.4 Å². The van der Waals surface area contributed by atoms with Gasteiger partial charge in [-0.2, -0.15) is 0 Å². The molecule has 1 aromatic carbocycles. The van der Waals surface area contributed by atoms with Crippen LogP contribution in [0.25, 0.3) is 5.65 Å². The van der Waals surface area contributed by atoms with Gasteiger partial charge < -0.3 is 9.30 Å². The van der Waals surface area contributed by atoms with Crippen LogP contribution in [0.1, 0.15) is 5.56 Å². The number of fused-ring (bicyclic) bond motifs is 1. The van der Waals surface area contributed by atoms with Crippen LogP contribution in [0, 0.1) is 5.82 Å². The highest BCUT2D eigenvalue weighted by Crippen LogP contribution is 2.21. The molecule has 0 aliphatic heterocycles. The molecule has 0 N–H and O–H groups in total. The first kappa shape index (κ1) is 13.1. The Hall–Kier alpha value is -1.95. The highest BCUT2D eigenvalue weighted by atomic mass is 79.9. The minimum atomic E-state index is -0.229. The standard InChI is InChI=1S/C14H12BrFN4/c1-19(8-10-2-4-11(16)5-3-10)14-13-17-6-7-20(13)9-12(15)18-14/h2-7,9H,8H2,1H3. The van der Waals surface area contributed by atoms with Crippen molar-refractivity contribution in [2.24, 2.45) is 0 Å². The van der Waals surface area contributed by atoms with E-state index in [0.717, 1.165) is 21.6 Å². The fourth-order valence-electron chi connectivity index (χ4n) is 2.08. The molecule has 0 spiro atoms. The smallest absolute Gasteiger partial charge is 0.180 e. The Labute approximate surface area is 124 Å². The third-order valence-corrected chi connectivity index (χ3v) is 3.40. The molecule has 102 valence electrons. The molecule has 3 aromatic rings. The Bertz CT molecular complexity index is 739. The molecule has 0 unspecified atom stereocenters. The lowest BCUT2D eigenvalue weighted by atomic mass is 10.2. The summed E-state index contributed by atoms with van der Waals surface area (Å²) in [5, 5.41) is 0. The van der Waals surface area contributed by atoms with E-state index in [0.29, 0.717) is 6.54 Å². The van der Waals surface area contributed by atoms with Crippen LogP contribution < -0.4 is 4.90 Å². The third-order valence-electron chi connectivity index (χ3n) is 3.02. The van der Waals surface area contributed by atoms with E-state index < -0.39 is 0 Å². The van der Waals surface area contributed by atoms with Gasteiger partial charge >= 0.3 is 0 Å². The number of halogens is 2. The van der Waals surface area contributed by atoms with Crippen molar-refractivity contribution in [1.82, 2.24) is 14.4 Å². The molecule has 2 heterocycles. The molecule has 6 heteroatoms. The summed E-state index contributed by atoms with van der Waals surface area (Å²) in [5.41, 5.74) is 1.80. The molecule has 4 nitrogen and oxygen atoms in total. The van der Waals surface area contributed by atoms with Gasteiger partial charge in [-0.3, -0.25) is 0 Å². The largest absolute Gasteiger partial charge is 0.352 e. The van der Waals surface area contributed by atoms with Crippen molar-refractivity contribution < 1.29 is 4.39 Å². The second kappa shape index (κ2) is 5.20. The predicted octanol–water partition coefficient (Wildman–Crippen LogP) is 3.27. The van der Waals surface area contributed by atoms with Gasteiger partial charge in [-0.05, 0) is 33.6 Å². The second-order valence-corrected chi connectivity index (χ2v) is 5.34. The molecular weight excluding hydrogens is 323 g/mol. The Balaban J connectivity index is 1.93. The van der Waals surface area contributed by atoms with E-state index in [2.05, 4.69) is 25.9 Å². The predicted molar refractivity (Wildman–Crippen MR) is 79.2 cm³/mol. The van der Waals surface area contributed by atoms with E-state index in [-0.39, 0.29) is 5.82 Å². The molecule has 0 bridgehead atoms. The third kappa shape index (κ3) is 2.51. The van der Waals surface area contributed by atoms with Gasteiger partial charge in [-0.1, -0.05) is 12.1 Å². The fraction of sp³-hybridized carbons (Fsp3) is 0.143. The molecule has 20 heavy (non-hydrogen) atoms. The van der Waals surface area contributed by atoms with Crippen molar-refractivity contribution in [1.29, 1.82) is 0 Å². The van der Waals surface area contributed by atoms with Crippen LogP contribution in [0.4, 0.5) is 10.2 Å². The zero-order chi connectivity index (χ0) is 14.1. The lowest BCUT2D eigenvalue weighted by molar-refractivity contribution is 0.627. The van der Waals surface area contributed by atoms with Gasteiger partial charge in [0.05, 0.1) is 0 Å². The fourth-order valence-corrected chi connectivity index (χ4v) is 2.47. The number of nitrogens with zero attached hydrogens (tertiary/aromatic N) is 4. The highest BCUT2D eigenvalue weighted by molar-refractivity contribution is 9.10. The van der Waals surface area contributed by atoms with Gasteiger partial charge in [0.2, 0.25) is 0 Å². The number of benzene rings is 1. The van der Waals surface area contributed by atoms with E-state index in [9.17, 15) is 4.39 Å². The lowest BCUT2D eigenvalue weighted by Crippen LogP contribution is -2.19. The van der Waals surface area contributed by atoms with Crippen molar-refractivity contribution in [3.8, 4) is 0 Å². The number of hydrogen-bond donors (Lipinski definition) is 0. The number of rotatable bonds is 3. The maximum atomic E-state index is 12.9. The average Bonchev–Trinajstić information content (AvgIpc) is 2.88. The van der Waals surface area contributed by atoms with E-state index >= 15 is 0 Å². The summed E-state index contributed by atoms with van der Waals surface area (Å²) in [7, 11) is 1.94. The van der Waals surface area contributed by atoms with Gasteiger partial charge in [0.1, 0.15) is 10.4 Å². The molecule has 0 aliphatic carbocycles.